The highest BCUT2D eigenvalue weighted by Crippen LogP contribution is 2.58. The Hall–Kier alpha value is -3.43. The molecule has 0 amide bonds. The summed E-state index contributed by atoms with van der Waals surface area (Å²) in [6, 6.07) is 11.9. The summed E-state index contributed by atoms with van der Waals surface area (Å²) >= 11 is 0. The van der Waals surface area contributed by atoms with E-state index in [9.17, 15) is 15.8 Å². The van der Waals surface area contributed by atoms with E-state index >= 15 is 0 Å². The second-order valence-corrected chi connectivity index (χ2v) is 7.53. The highest BCUT2D eigenvalue weighted by molar-refractivity contribution is 5.61. The maximum atomic E-state index is 10.2. The lowest BCUT2D eigenvalue weighted by atomic mass is 9.55. The largest absolute Gasteiger partial charge is 0.497 e. The Morgan fingerprint density at radius 1 is 1.17 bits per heavy atom. The molecule has 0 bridgehead atoms. The molecule has 0 fully saturated rings. The van der Waals surface area contributed by atoms with E-state index in [0.29, 0.717) is 23.0 Å². The first-order valence-corrected chi connectivity index (χ1v) is 9.66. The quantitative estimate of drug-likeness (QED) is 0.835. The van der Waals surface area contributed by atoms with Gasteiger partial charge in [-0.1, -0.05) is 19.4 Å². The van der Waals surface area contributed by atoms with Gasteiger partial charge in [-0.2, -0.15) is 15.8 Å². The summed E-state index contributed by atoms with van der Waals surface area (Å²) in [6.45, 7) is 2.13. The van der Waals surface area contributed by atoms with Crippen LogP contribution in [0.4, 0.5) is 0 Å². The summed E-state index contributed by atoms with van der Waals surface area (Å²) in [5.74, 6) is 0.831. The van der Waals surface area contributed by atoms with Gasteiger partial charge in [0.2, 0.25) is 0 Å². The second kappa shape index (κ2) is 7.90. The predicted molar refractivity (Wildman–Crippen MR) is 107 cm³/mol. The molecule has 0 saturated heterocycles. The molecule has 3 rings (SSSR count). The van der Waals surface area contributed by atoms with Gasteiger partial charge in [0.1, 0.15) is 17.6 Å². The van der Waals surface area contributed by atoms with Crippen molar-refractivity contribution in [2.75, 3.05) is 14.2 Å². The lowest BCUT2D eigenvalue weighted by molar-refractivity contribution is 0.264. The van der Waals surface area contributed by atoms with Crippen LogP contribution < -0.4 is 15.2 Å². The molecule has 1 unspecified atom stereocenters. The Bertz CT molecular complexity index is 989. The number of rotatable bonds is 4. The number of fused-ring (bicyclic) bond motifs is 1. The monoisotopic (exact) mass is 388 g/mol. The summed E-state index contributed by atoms with van der Waals surface area (Å²) in [7, 11) is 3.12. The average molecular weight is 388 g/mol. The van der Waals surface area contributed by atoms with Gasteiger partial charge >= 0.3 is 0 Å². The summed E-state index contributed by atoms with van der Waals surface area (Å²) in [4.78, 5) is 0. The van der Waals surface area contributed by atoms with Crippen LogP contribution in [0.15, 0.2) is 41.1 Å². The first-order valence-electron chi connectivity index (χ1n) is 9.66. The predicted octanol–water partition coefficient (Wildman–Crippen LogP) is 3.93. The van der Waals surface area contributed by atoms with Gasteiger partial charge in [0.15, 0.2) is 5.41 Å². The third-order valence-corrected chi connectivity index (χ3v) is 6.32. The highest BCUT2D eigenvalue weighted by Gasteiger charge is 2.55. The van der Waals surface area contributed by atoms with Gasteiger partial charge in [0.05, 0.1) is 37.6 Å². The molecule has 0 aliphatic heterocycles. The van der Waals surface area contributed by atoms with Crippen molar-refractivity contribution in [3.05, 3.63) is 46.7 Å². The maximum absolute atomic E-state index is 10.2. The number of methoxy groups -OCH3 is 2. The molecule has 6 nitrogen and oxygen atoms in total. The third-order valence-electron chi connectivity index (χ3n) is 6.32. The molecule has 0 heterocycles. The summed E-state index contributed by atoms with van der Waals surface area (Å²) in [6.07, 6.45) is 4.67. The van der Waals surface area contributed by atoms with Crippen molar-refractivity contribution in [3.63, 3.8) is 0 Å². The number of hydrogen-bond donors (Lipinski definition) is 1. The van der Waals surface area contributed by atoms with Crippen LogP contribution in [0, 0.1) is 51.2 Å². The molecule has 0 saturated carbocycles. The molecule has 0 aromatic heterocycles. The van der Waals surface area contributed by atoms with Crippen molar-refractivity contribution < 1.29 is 9.47 Å². The van der Waals surface area contributed by atoms with E-state index < -0.39 is 11.3 Å². The van der Waals surface area contributed by atoms with Gasteiger partial charge < -0.3 is 15.2 Å². The Morgan fingerprint density at radius 3 is 2.45 bits per heavy atom. The topological polar surface area (TPSA) is 116 Å². The van der Waals surface area contributed by atoms with Crippen molar-refractivity contribution in [1.82, 2.24) is 0 Å². The van der Waals surface area contributed by atoms with E-state index in [1.165, 1.54) is 0 Å². The van der Waals surface area contributed by atoms with Gasteiger partial charge in [-0.25, -0.2) is 0 Å². The molecule has 3 atom stereocenters. The summed E-state index contributed by atoms with van der Waals surface area (Å²) in [5, 5.41) is 30.1. The van der Waals surface area contributed by atoms with Crippen LogP contribution in [-0.4, -0.2) is 14.2 Å². The van der Waals surface area contributed by atoms with Crippen LogP contribution in [0.25, 0.3) is 0 Å². The standard InChI is InChI=1S/C23H24N4O2/c1-4-14-5-7-16-17(9-14)21(18-10-15(28-2)6-8-20(18)29-3)23(12-25,13-26)22(27)19(16)11-24/h6-8,10,14,17,21H,4-5,9,27H2,1-3H3/t14?,17-,21-/m0/s1. The summed E-state index contributed by atoms with van der Waals surface area (Å²) in [5.41, 5.74) is 6.52. The first-order chi connectivity index (χ1) is 14.0. The zero-order valence-electron chi connectivity index (χ0n) is 16.9. The molecule has 6 heteroatoms. The van der Waals surface area contributed by atoms with Gasteiger partial charge in [0.25, 0.3) is 0 Å². The fourth-order valence-corrected chi connectivity index (χ4v) is 4.73. The van der Waals surface area contributed by atoms with E-state index in [1.54, 1.807) is 26.4 Å². The van der Waals surface area contributed by atoms with E-state index in [0.717, 1.165) is 24.8 Å². The molecule has 1 aromatic carbocycles. The minimum Gasteiger partial charge on any atom is -0.497 e. The van der Waals surface area contributed by atoms with Crippen LogP contribution >= 0.6 is 0 Å². The smallest absolute Gasteiger partial charge is 0.191 e. The van der Waals surface area contributed by atoms with E-state index in [4.69, 9.17) is 15.2 Å². The number of ether oxygens (including phenoxy) is 2. The molecular weight excluding hydrogens is 364 g/mol. The molecule has 0 radical (unpaired) electrons. The van der Waals surface area contributed by atoms with Crippen LogP contribution in [0.1, 0.15) is 37.7 Å². The normalized spacial score (nSPS) is 25.0. The van der Waals surface area contributed by atoms with E-state index in [2.05, 4.69) is 31.2 Å². The van der Waals surface area contributed by atoms with Crippen molar-refractivity contribution in [2.45, 2.75) is 32.1 Å². The lowest BCUT2D eigenvalue weighted by Gasteiger charge is -2.45. The minimum absolute atomic E-state index is 0.0253. The minimum atomic E-state index is -1.66. The van der Waals surface area contributed by atoms with Gasteiger partial charge in [-0.3, -0.25) is 0 Å². The molecular formula is C23H24N4O2. The van der Waals surface area contributed by atoms with Gasteiger partial charge in [-0.05, 0) is 48.4 Å². The first kappa shape index (κ1) is 20.3. The van der Waals surface area contributed by atoms with Gasteiger partial charge in [0, 0.05) is 11.5 Å². The molecule has 0 spiro atoms. The summed E-state index contributed by atoms with van der Waals surface area (Å²) < 4.78 is 11.0. The van der Waals surface area contributed by atoms with Crippen molar-refractivity contribution >= 4 is 0 Å². The SMILES string of the molecule is CCC1CC=C2C(C#N)=C(N)C(C#N)(C#N)[C@H](c3cc(OC)ccc3OC)[C@H]2C1. The Labute approximate surface area is 171 Å². The molecule has 148 valence electrons. The number of hydrogen-bond acceptors (Lipinski definition) is 6. The fourth-order valence-electron chi connectivity index (χ4n) is 4.73. The Morgan fingerprint density at radius 2 is 1.90 bits per heavy atom. The fraction of sp³-hybridized carbons (Fsp3) is 0.435. The van der Waals surface area contributed by atoms with Crippen LogP contribution in [-0.2, 0) is 0 Å². The molecule has 2 aliphatic carbocycles. The Kier molecular flexibility index (Phi) is 5.53. The molecule has 1 aromatic rings. The second-order valence-electron chi connectivity index (χ2n) is 7.53. The zero-order chi connectivity index (χ0) is 21.2. The lowest BCUT2D eigenvalue weighted by Crippen LogP contribution is -2.43. The van der Waals surface area contributed by atoms with Crippen molar-refractivity contribution in [2.24, 2.45) is 23.0 Å². The molecule has 2 N–H and O–H groups in total. The molecule has 29 heavy (non-hydrogen) atoms. The number of nitriles is 3. The van der Waals surface area contributed by atoms with Crippen molar-refractivity contribution in [1.29, 1.82) is 15.8 Å². The maximum Gasteiger partial charge on any atom is 0.191 e. The Balaban J connectivity index is 2.37. The van der Waals surface area contributed by atoms with E-state index in [1.807, 2.05) is 6.07 Å². The van der Waals surface area contributed by atoms with Crippen LogP contribution in [0.2, 0.25) is 0 Å². The molecule has 2 aliphatic rings. The number of allylic oxidation sites excluding steroid dienone is 4. The zero-order valence-corrected chi connectivity index (χ0v) is 16.9. The highest BCUT2D eigenvalue weighted by atomic mass is 16.5. The van der Waals surface area contributed by atoms with E-state index in [-0.39, 0.29) is 17.2 Å². The number of benzene rings is 1. The van der Waals surface area contributed by atoms with Crippen LogP contribution in [0.3, 0.4) is 0 Å². The number of nitrogens with zero attached hydrogens (tertiary/aromatic N) is 3. The van der Waals surface area contributed by atoms with Crippen LogP contribution in [0.5, 0.6) is 11.5 Å². The third kappa shape index (κ3) is 3.00. The average Bonchev–Trinajstić information content (AvgIpc) is 2.77. The van der Waals surface area contributed by atoms with Crippen molar-refractivity contribution in [3.8, 4) is 29.7 Å². The number of nitrogens with two attached hydrogens (primary N) is 1. The van der Waals surface area contributed by atoms with Gasteiger partial charge in [-0.15, -0.1) is 0 Å².